The van der Waals surface area contributed by atoms with E-state index in [1.807, 2.05) is 13.8 Å². The normalized spacial score (nSPS) is 20.5. The van der Waals surface area contributed by atoms with Crippen molar-refractivity contribution in [3.05, 3.63) is 57.1 Å². The topological polar surface area (TPSA) is 72.9 Å². The van der Waals surface area contributed by atoms with Gasteiger partial charge in [0, 0.05) is 36.5 Å². The molecule has 1 saturated heterocycles. The minimum atomic E-state index is -0.691. The zero-order valence-corrected chi connectivity index (χ0v) is 19.9. The van der Waals surface area contributed by atoms with E-state index in [2.05, 4.69) is 0 Å². The highest BCUT2D eigenvalue weighted by atomic mass is 35.5. The molecule has 0 bridgehead atoms. The number of Topliss-reactive ketones (excluding diaryl/α,β-unsaturated/α-hetero) is 2. The summed E-state index contributed by atoms with van der Waals surface area (Å²) in [4.78, 5) is 40.3. The van der Waals surface area contributed by atoms with Crippen molar-refractivity contribution in [2.75, 3.05) is 13.1 Å². The van der Waals surface area contributed by atoms with Crippen LogP contribution < -0.4 is 9.47 Å². The van der Waals surface area contributed by atoms with Crippen molar-refractivity contribution in [2.45, 2.75) is 50.7 Å². The van der Waals surface area contributed by atoms with Crippen LogP contribution in [0.2, 0.25) is 10.0 Å². The highest BCUT2D eigenvalue weighted by molar-refractivity contribution is 6.36. The molecule has 3 aliphatic heterocycles. The van der Waals surface area contributed by atoms with Gasteiger partial charge in [-0.25, -0.2) is 0 Å². The zero-order chi connectivity index (χ0) is 23.5. The molecule has 1 fully saturated rings. The number of fused-ring (bicyclic) bond motifs is 2. The maximum Gasteiger partial charge on any atom is 0.253 e. The molecule has 8 heteroatoms. The fraction of sp³-hybridized carbons (Fsp3) is 0.400. The van der Waals surface area contributed by atoms with Crippen LogP contribution in [0.4, 0.5) is 0 Å². The Hall–Kier alpha value is -2.57. The maximum absolute atomic E-state index is 13.2. The molecule has 0 saturated carbocycles. The van der Waals surface area contributed by atoms with Crippen LogP contribution in [0.15, 0.2) is 30.3 Å². The molecule has 2 aromatic carbocycles. The molecule has 0 radical (unpaired) electrons. The molecule has 1 spiro atoms. The van der Waals surface area contributed by atoms with Gasteiger partial charge in [-0.3, -0.25) is 14.4 Å². The van der Waals surface area contributed by atoms with E-state index in [4.69, 9.17) is 32.7 Å². The number of nitrogens with zero attached hydrogens (tertiary/aromatic N) is 1. The molecule has 0 N–H and O–H groups in total. The lowest BCUT2D eigenvalue weighted by atomic mass is 9.82. The summed E-state index contributed by atoms with van der Waals surface area (Å²) in [5, 5.41) is 0.706. The highest BCUT2D eigenvalue weighted by Gasteiger charge is 2.44. The Kier molecular flexibility index (Phi) is 5.22. The standard InChI is InChI=1S/C25H23Cl2NO5/c1-24(2)12-19(29)16-9-14(3-4-21(16)32-24)23(31)28-7-5-25(6-8-28)13-20(30)17-10-15(26)11-18(27)22(17)33-25/h3-4,9-11H,5-8,12-13H2,1-2H3. The summed E-state index contributed by atoms with van der Waals surface area (Å²) in [5.41, 5.74) is 0.0514. The third-order valence-electron chi connectivity index (χ3n) is 6.57. The van der Waals surface area contributed by atoms with Crippen LogP contribution in [-0.4, -0.2) is 46.7 Å². The summed E-state index contributed by atoms with van der Waals surface area (Å²) in [7, 11) is 0. The Morgan fingerprint density at radius 2 is 1.64 bits per heavy atom. The van der Waals surface area contributed by atoms with Gasteiger partial charge in [0.15, 0.2) is 11.6 Å². The van der Waals surface area contributed by atoms with E-state index in [1.165, 1.54) is 0 Å². The average molecular weight is 488 g/mol. The molecule has 5 rings (SSSR count). The van der Waals surface area contributed by atoms with Crippen LogP contribution >= 0.6 is 23.2 Å². The number of benzene rings is 2. The fourth-order valence-corrected chi connectivity index (χ4v) is 5.41. The van der Waals surface area contributed by atoms with E-state index >= 15 is 0 Å². The van der Waals surface area contributed by atoms with Gasteiger partial charge in [-0.05, 0) is 44.2 Å². The lowest BCUT2D eigenvalue weighted by molar-refractivity contribution is -0.00565. The Bertz CT molecular complexity index is 1200. The van der Waals surface area contributed by atoms with Crippen LogP contribution in [0, 0.1) is 0 Å². The van der Waals surface area contributed by atoms with Crippen molar-refractivity contribution < 1.29 is 23.9 Å². The van der Waals surface area contributed by atoms with Crippen molar-refractivity contribution in [3.8, 4) is 11.5 Å². The molecule has 3 heterocycles. The molecule has 0 atom stereocenters. The quantitative estimate of drug-likeness (QED) is 0.539. The Balaban J connectivity index is 1.32. The van der Waals surface area contributed by atoms with Gasteiger partial charge in [0.1, 0.15) is 22.7 Å². The van der Waals surface area contributed by atoms with Crippen molar-refractivity contribution in [2.24, 2.45) is 0 Å². The molecule has 1 amide bonds. The number of hydrogen-bond acceptors (Lipinski definition) is 5. The van der Waals surface area contributed by atoms with Crippen LogP contribution in [0.1, 0.15) is 70.6 Å². The number of carbonyl (C=O) groups excluding carboxylic acids is 3. The van der Waals surface area contributed by atoms with Crippen LogP contribution in [0.5, 0.6) is 11.5 Å². The van der Waals surface area contributed by atoms with Gasteiger partial charge < -0.3 is 14.4 Å². The highest BCUT2D eigenvalue weighted by Crippen LogP contribution is 2.44. The molecule has 172 valence electrons. The first-order valence-corrected chi connectivity index (χ1v) is 11.7. The third-order valence-corrected chi connectivity index (χ3v) is 7.07. The van der Waals surface area contributed by atoms with Crippen LogP contribution in [-0.2, 0) is 0 Å². The molecule has 6 nitrogen and oxygen atoms in total. The van der Waals surface area contributed by atoms with Gasteiger partial charge in [-0.2, -0.15) is 0 Å². The largest absolute Gasteiger partial charge is 0.487 e. The SMILES string of the molecule is CC1(C)CC(=O)c2cc(C(=O)N3CCC4(CC3)CC(=O)c3cc(Cl)cc(Cl)c3O4)ccc2O1. The summed E-state index contributed by atoms with van der Waals surface area (Å²) in [6.45, 7) is 4.60. The van der Waals surface area contributed by atoms with E-state index in [0.717, 1.165) is 0 Å². The first kappa shape index (κ1) is 22.2. The van der Waals surface area contributed by atoms with E-state index in [-0.39, 0.29) is 30.3 Å². The number of hydrogen-bond donors (Lipinski definition) is 0. The monoisotopic (exact) mass is 487 g/mol. The third kappa shape index (κ3) is 4.00. The minimum absolute atomic E-state index is 0.0294. The molecule has 0 aliphatic carbocycles. The molecule has 0 unspecified atom stereocenters. The molecular weight excluding hydrogens is 465 g/mol. The van der Waals surface area contributed by atoms with Gasteiger partial charge in [-0.1, -0.05) is 23.2 Å². The van der Waals surface area contributed by atoms with E-state index < -0.39 is 11.2 Å². The Morgan fingerprint density at radius 1 is 0.939 bits per heavy atom. The maximum atomic E-state index is 13.2. The summed E-state index contributed by atoms with van der Waals surface area (Å²) in [6, 6.07) is 8.16. The second-order valence-electron chi connectivity index (χ2n) is 9.61. The van der Waals surface area contributed by atoms with Gasteiger partial charge in [0.2, 0.25) is 0 Å². The molecule has 33 heavy (non-hydrogen) atoms. The van der Waals surface area contributed by atoms with Crippen molar-refractivity contribution >= 4 is 40.7 Å². The van der Waals surface area contributed by atoms with E-state index in [0.29, 0.717) is 64.2 Å². The van der Waals surface area contributed by atoms with Crippen LogP contribution in [0.25, 0.3) is 0 Å². The Morgan fingerprint density at radius 3 is 2.36 bits per heavy atom. The number of amides is 1. The van der Waals surface area contributed by atoms with Gasteiger partial charge in [0.25, 0.3) is 5.91 Å². The predicted molar refractivity (Wildman–Crippen MR) is 124 cm³/mol. The molecular formula is C25H23Cl2NO5. The number of carbonyl (C=O) groups is 3. The minimum Gasteiger partial charge on any atom is -0.487 e. The number of halogens is 2. The summed E-state index contributed by atoms with van der Waals surface area (Å²) >= 11 is 12.3. The average Bonchev–Trinajstić information content (AvgIpc) is 2.74. The van der Waals surface area contributed by atoms with Crippen LogP contribution in [0.3, 0.4) is 0 Å². The number of ketones is 2. The number of piperidine rings is 1. The molecule has 0 aromatic heterocycles. The van der Waals surface area contributed by atoms with Crippen molar-refractivity contribution in [1.29, 1.82) is 0 Å². The molecule has 3 aliphatic rings. The second-order valence-corrected chi connectivity index (χ2v) is 10.5. The predicted octanol–water partition coefficient (Wildman–Crippen LogP) is 5.38. The molecule has 2 aromatic rings. The smallest absolute Gasteiger partial charge is 0.253 e. The summed E-state index contributed by atoms with van der Waals surface area (Å²) in [6.07, 6.45) is 1.50. The lowest BCUT2D eigenvalue weighted by Gasteiger charge is -2.44. The lowest BCUT2D eigenvalue weighted by Crippen LogP contribution is -2.52. The number of likely N-dealkylation sites (tertiary alicyclic amines) is 1. The van der Waals surface area contributed by atoms with Crippen molar-refractivity contribution in [3.63, 3.8) is 0 Å². The first-order valence-electron chi connectivity index (χ1n) is 10.9. The number of rotatable bonds is 1. The van der Waals surface area contributed by atoms with Gasteiger partial charge >= 0.3 is 0 Å². The second kappa shape index (κ2) is 7.74. The number of ether oxygens (including phenoxy) is 2. The van der Waals surface area contributed by atoms with Gasteiger partial charge in [-0.15, -0.1) is 0 Å². The Labute approximate surface area is 201 Å². The zero-order valence-electron chi connectivity index (χ0n) is 18.4. The van der Waals surface area contributed by atoms with E-state index in [1.54, 1.807) is 35.2 Å². The van der Waals surface area contributed by atoms with E-state index in [9.17, 15) is 14.4 Å². The fourth-order valence-electron chi connectivity index (χ4n) is 4.88. The summed E-state index contributed by atoms with van der Waals surface area (Å²) in [5.74, 6) is 0.635. The van der Waals surface area contributed by atoms with Crippen molar-refractivity contribution in [1.82, 2.24) is 4.90 Å². The summed E-state index contributed by atoms with van der Waals surface area (Å²) < 4.78 is 12.1. The van der Waals surface area contributed by atoms with Gasteiger partial charge in [0.05, 0.1) is 29.0 Å². The first-order chi connectivity index (χ1) is 15.6.